The van der Waals surface area contributed by atoms with Gasteiger partial charge in [0.15, 0.2) is 0 Å². The Morgan fingerprint density at radius 1 is 1.05 bits per heavy atom. The molecule has 7 nitrogen and oxygen atoms in total. The second-order valence-electron chi connectivity index (χ2n) is 8.38. The molecule has 0 aliphatic carbocycles. The van der Waals surface area contributed by atoms with E-state index in [0.717, 1.165) is 30.0 Å². The number of carbonyl (C=O) groups excluding carboxylic acids is 1. The number of thioether (sulfide) groups is 1. The van der Waals surface area contributed by atoms with E-state index in [-0.39, 0.29) is 56.4 Å². The van der Waals surface area contributed by atoms with Gasteiger partial charge in [0.1, 0.15) is 16.0 Å². The summed E-state index contributed by atoms with van der Waals surface area (Å²) in [6.07, 6.45) is -4.52. The summed E-state index contributed by atoms with van der Waals surface area (Å²) in [6, 6.07) is 6.72. The Balaban J connectivity index is 0.000000437. The standard InChI is InChI=1S/C15H11ClF3NO4.C10H16Cl3NOS/c1-2-23-14-8-10(4-5-12(14)20(21)22)24-13-6-3-9(7-11(13)16)15(17,18)19;1-6(2)14(7(3)4)10(15)16-5-8(11)9(12)13/h3-8H,2H2,1H3;6-7H,5H2,1-4H3. The minimum Gasteiger partial charge on any atom is -0.487 e. The van der Waals surface area contributed by atoms with Crippen LogP contribution < -0.4 is 9.47 Å². The van der Waals surface area contributed by atoms with Gasteiger partial charge in [-0.15, -0.1) is 0 Å². The zero-order valence-electron chi connectivity index (χ0n) is 22.0. The first kappa shape index (κ1) is 36.0. The molecule has 15 heteroatoms. The van der Waals surface area contributed by atoms with Crippen LogP contribution in [0.2, 0.25) is 5.02 Å². The molecule has 0 N–H and O–H groups in total. The lowest BCUT2D eigenvalue weighted by atomic mass is 10.2. The average molecular weight is 666 g/mol. The van der Waals surface area contributed by atoms with Crippen LogP contribution in [0, 0.1) is 10.1 Å². The molecule has 0 saturated carbocycles. The number of nitro benzene ring substituents is 1. The first-order chi connectivity index (χ1) is 18.5. The summed E-state index contributed by atoms with van der Waals surface area (Å²) in [7, 11) is 0. The maximum atomic E-state index is 12.6. The van der Waals surface area contributed by atoms with Gasteiger partial charge in [0.25, 0.3) is 5.24 Å². The first-order valence-corrected chi connectivity index (χ1v) is 14.1. The van der Waals surface area contributed by atoms with E-state index < -0.39 is 16.7 Å². The third kappa shape index (κ3) is 11.4. The lowest BCUT2D eigenvalue weighted by Crippen LogP contribution is -2.39. The van der Waals surface area contributed by atoms with E-state index in [1.807, 2.05) is 27.7 Å². The molecule has 2 aromatic rings. The molecule has 2 rings (SSSR count). The fraction of sp³-hybridized carbons (Fsp3) is 0.400. The second kappa shape index (κ2) is 16.4. The van der Waals surface area contributed by atoms with Crippen LogP contribution >= 0.6 is 58.2 Å². The molecule has 0 aromatic heterocycles. The highest BCUT2D eigenvalue weighted by Crippen LogP contribution is 2.38. The van der Waals surface area contributed by atoms with Gasteiger partial charge in [-0.05, 0) is 58.9 Å². The maximum Gasteiger partial charge on any atom is 0.416 e. The lowest BCUT2D eigenvalue weighted by molar-refractivity contribution is -0.385. The van der Waals surface area contributed by atoms with E-state index in [4.69, 9.17) is 55.9 Å². The maximum absolute atomic E-state index is 12.6. The van der Waals surface area contributed by atoms with Gasteiger partial charge in [0, 0.05) is 30.0 Å². The molecule has 0 bridgehead atoms. The summed E-state index contributed by atoms with van der Waals surface area (Å²) in [5.41, 5.74) is -1.15. The quantitative estimate of drug-likeness (QED) is 0.196. The SMILES string of the molecule is CC(C)N(C(=O)SCC(Cl)=C(Cl)Cl)C(C)C.CCOc1cc(Oc2ccc(C(F)(F)F)cc2Cl)ccc1[N+](=O)[O-]. The summed E-state index contributed by atoms with van der Waals surface area (Å²) < 4.78 is 48.4. The Labute approximate surface area is 254 Å². The number of nitro groups is 1. The lowest BCUT2D eigenvalue weighted by Gasteiger charge is -2.30. The van der Waals surface area contributed by atoms with Gasteiger partial charge in [-0.3, -0.25) is 14.9 Å². The van der Waals surface area contributed by atoms with Crippen LogP contribution in [0.3, 0.4) is 0 Å². The summed E-state index contributed by atoms with van der Waals surface area (Å²) in [6.45, 7) is 9.76. The van der Waals surface area contributed by atoms with Gasteiger partial charge < -0.3 is 14.4 Å². The van der Waals surface area contributed by atoms with E-state index in [1.165, 1.54) is 18.2 Å². The predicted molar refractivity (Wildman–Crippen MR) is 155 cm³/mol. The minimum absolute atomic E-state index is 0.0111. The van der Waals surface area contributed by atoms with Crippen molar-refractivity contribution in [2.24, 2.45) is 0 Å². The number of hydrogen-bond acceptors (Lipinski definition) is 6. The molecule has 0 spiro atoms. The summed E-state index contributed by atoms with van der Waals surface area (Å²) in [5, 5.41) is 11.0. The van der Waals surface area contributed by atoms with Gasteiger partial charge in [-0.1, -0.05) is 58.2 Å². The number of carbonyl (C=O) groups is 1. The largest absolute Gasteiger partial charge is 0.487 e. The fourth-order valence-corrected chi connectivity index (χ4v) is 4.78. The van der Waals surface area contributed by atoms with Gasteiger partial charge in [-0.2, -0.15) is 13.2 Å². The molecular formula is C25H27Cl4F3N2O5S. The first-order valence-electron chi connectivity index (χ1n) is 11.6. The van der Waals surface area contributed by atoms with Crippen molar-refractivity contribution >= 4 is 69.1 Å². The number of ether oxygens (including phenoxy) is 2. The number of benzene rings is 2. The minimum atomic E-state index is -4.52. The number of hydrogen-bond donors (Lipinski definition) is 0. The molecule has 0 saturated heterocycles. The normalized spacial score (nSPS) is 11.1. The Kier molecular flexibility index (Phi) is 14.8. The van der Waals surface area contributed by atoms with Crippen LogP contribution in [0.4, 0.5) is 23.7 Å². The van der Waals surface area contributed by atoms with Gasteiger partial charge in [0.05, 0.1) is 27.1 Å². The zero-order chi connectivity index (χ0) is 30.8. The van der Waals surface area contributed by atoms with Crippen molar-refractivity contribution in [1.29, 1.82) is 0 Å². The third-order valence-corrected chi connectivity index (χ3v) is 7.08. The van der Waals surface area contributed by atoms with Gasteiger partial charge in [-0.25, -0.2) is 0 Å². The van der Waals surface area contributed by atoms with Crippen molar-refractivity contribution in [3.8, 4) is 17.2 Å². The van der Waals surface area contributed by atoms with Crippen molar-refractivity contribution in [2.45, 2.75) is 52.9 Å². The van der Waals surface area contributed by atoms with Crippen molar-refractivity contribution in [3.05, 3.63) is 66.6 Å². The molecule has 0 unspecified atom stereocenters. The van der Waals surface area contributed by atoms with Gasteiger partial charge >= 0.3 is 11.9 Å². The molecule has 0 heterocycles. The number of rotatable bonds is 9. The molecule has 0 fully saturated rings. The fourth-order valence-electron chi connectivity index (χ4n) is 3.14. The van der Waals surface area contributed by atoms with Crippen LogP contribution in [0.15, 0.2) is 45.9 Å². The molecule has 0 atom stereocenters. The number of halogens is 7. The zero-order valence-corrected chi connectivity index (χ0v) is 25.9. The summed E-state index contributed by atoms with van der Waals surface area (Å²) in [4.78, 5) is 24.0. The highest BCUT2D eigenvalue weighted by molar-refractivity contribution is 8.13. The van der Waals surface area contributed by atoms with Crippen molar-refractivity contribution in [3.63, 3.8) is 0 Å². The average Bonchev–Trinajstić information content (AvgIpc) is 2.83. The predicted octanol–water partition coefficient (Wildman–Crippen LogP) is 10.3. The van der Waals surface area contributed by atoms with Crippen LogP contribution in [0.25, 0.3) is 0 Å². The second-order valence-corrected chi connectivity index (χ2v) is 11.1. The van der Waals surface area contributed by atoms with E-state index in [9.17, 15) is 28.1 Å². The topological polar surface area (TPSA) is 81.9 Å². The number of alkyl halides is 3. The van der Waals surface area contributed by atoms with Crippen LogP contribution in [-0.2, 0) is 6.18 Å². The molecule has 1 amide bonds. The summed E-state index contributed by atoms with van der Waals surface area (Å²) in [5.74, 6) is 0.424. The van der Waals surface area contributed by atoms with Crippen molar-refractivity contribution in [1.82, 2.24) is 4.90 Å². The molecule has 2 aromatic carbocycles. The van der Waals surface area contributed by atoms with Crippen LogP contribution in [0.1, 0.15) is 40.2 Å². The van der Waals surface area contributed by atoms with E-state index in [1.54, 1.807) is 11.8 Å². The number of amides is 1. The number of nitrogens with zero attached hydrogens (tertiary/aromatic N) is 2. The summed E-state index contributed by atoms with van der Waals surface area (Å²) >= 11 is 23.6. The molecule has 222 valence electrons. The van der Waals surface area contributed by atoms with Crippen molar-refractivity contribution < 1.29 is 32.4 Å². The van der Waals surface area contributed by atoms with E-state index in [0.29, 0.717) is 10.8 Å². The molecule has 0 aliphatic rings. The van der Waals surface area contributed by atoms with Crippen LogP contribution in [-0.4, -0.2) is 39.5 Å². The Hall–Kier alpha value is -2.05. The Morgan fingerprint density at radius 2 is 1.65 bits per heavy atom. The van der Waals surface area contributed by atoms with Crippen LogP contribution in [0.5, 0.6) is 17.2 Å². The Bertz CT molecular complexity index is 1200. The smallest absolute Gasteiger partial charge is 0.416 e. The van der Waals surface area contributed by atoms with E-state index >= 15 is 0 Å². The highest BCUT2D eigenvalue weighted by atomic mass is 35.5. The van der Waals surface area contributed by atoms with E-state index in [2.05, 4.69) is 0 Å². The molecule has 40 heavy (non-hydrogen) atoms. The molecule has 0 radical (unpaired) electrons. The third-order valence-electron chi connectivity index (χ3n) is 4.77. The van der Waals surface area contributed by atoms with Crippen molar-refractivity contribution in [2.75, 3.05) is 12.4 Å². The van der Waals surface area contributed by atoms with Gasteiger partial charge in [0.2, 0.25) is 5.75 Å². The monoisotopic (exact) mass is 664 g/mol. The molecule has 0 aliphatic heterocycles. The molecular weight excluding hydrogens is 639 g/mol. The Morgan fingerprint density at radius 3 is 2.10 bits per heavy atom. The highest BCUT2D eigenvalue weighted by Gasteiger charge is 2.31.